The van der Waals surface area contributed by atoms with E-state index in [4.69, 9.17) is 0 Å². The van der Waals surface area contributed by atoms with E-state index < -0.39 is 0 Å². The maximum atomic E-state index is 4.38. The molecule has 0 aliphatic carbocycles. The van der Waals surface area contributed by atoms with Gasteiger partial charge in [0.1, 0.15) is 0 Å². The first kappa shape index (κ1) is 11.1. The van der Waals surface area contributed by atoms with Crippen LogP contribution in [0.5, 0.6) is 0 Å². The van der Waals surface area contributed by atoms with Crippen LogP contribution in [0.15, 0.2) is 30.6 Å². The third kappa shape index (κ3) is 2.61. The minimum atomic E-state index is 1.06. The number of benzene rings is 1. The second-order valence-corrected chi connectivity index (χ2v) is 3.99. The lowest BCUT2D eigenvalue weighted by Gasteiger charge is -2.04. The topological polar surface area (TPSA) is 29.9 Å². The molecule has 16 heavy (non-hydrogen) atoms. The number of unbranched alkanes of at least 4 members (excludes halogenated alkanes) is 1. The van der Waals surface area contributed by atoms with Gasteiger partial charge in [-0.25, -0.2) is 4.98 Å². The quantitative estimate of drug-likeness (QED) is 0.753. The number of aryl methyl sites for hydroxylation is 1. The normalized spacial score (nSPS) is 11.1. The predicted octanol–water partition coefficient (Wildman–Crippen LogP) is 2.43. The molecular weight excluding hydrogens is 198 g/mol. The van der Waals surface area contributed by atoms with Crippen LogP contribution in [-0.4, -0.2) is 22.6 Å². The molecule has 1 N–H and O–H groups in total. The summed E-state index contributed by atoms with van der Waals surface area (Å²) in [6, 6.07) is 8.29. The monoisotopic (exact) mass is 217 g/mol. The minimum absolute atomic E-state index is 1.06. The maximum absolute atomic E-state index is 4.38. The highest BCUT2D eigenvalue weighted by atomic mass is 15.0. The second-order valence-electron chi connectivity index (χ2n) is 3.99. The van der Waals surface area contributed by atoms with Crippen LogP contribution in [0.4, 0.5) is 0 Å². The smallest absolute Gasteiger partial charge is 0.0958 e. The van der Waals surface area contributed by atoms with Gasteiger partial charge >= 0.3 is 0 Å². The molecule has 0 radical (unpaired) electrons. The fourth-order valence-corrected chi connectivity index (χ4v) is 1.90. The highest BCUT2D eigenvalue weighted by molar-refractivity contribution is 5.74. The Hall–Kier alpha value is -1.35. The second kappa shape index (κ2) is 5.66. The Balaban J connectivity index is 1.89. The number of fused-ring (bicyclic) bond motifs is 1. The van der Waals surface area contributed by atoms with Crippen molar-refractivity contribution in [3.8, 4) is 0 Å². The Labute approximate surface area is 96.5 Å². The van der Waals surface area contributed by atoms with E-state index in [9.17, 15) is 0 Å². The summed E-state index contributed by atoms with van der Waals surface area (Å²) in [7, 11) is 0. The summed E-state index contributed by atoms with van der Waals surface area (Å²) >= 11 is 0. The standard InChI is InChI=1S/C13H19N3/c1-2-14-9-5-6-10-16-11-15-12-7-3-4-8-13(12)16/h3-4,7-8,11,14H,2,5-6,9-10H2,1H3. The van der Waals surface area contributed by atoms with Crippen LogP contribution >= 0.6 is 0 Å². The van der Waals surface area contributed by atoms with Crippen molar-refractivity contribution in [1.82, 2.24) is 14.9 Å². The van der Waals surface area contributed by atoms with Gasteiger partial charge in [0.05, 0.1) is 17.4 Å². The number of para-hydroxylation sites is 2. The van der Waals surface area contributed by atoms with Crippen LogP contribution < -0.4 is 5.32 Å². The summed E-state index contributed by atoms with van der Waals surface area (Å²) in [6.07, 6.45) is 4.37. The van der Waals surface area contributed by atoms with E-state index in [1.165, 1.54) is 18.4 Å². The van der Waals surface area contributed by atoms with Crippen molar-refractivity contribution in [1.29, 1.82) is 0 Å². The van der Waals surface area contributed by atoms with E-state index in [1.807, 2.05) is 12.4 Å². The zero-order valence-corrected chi connectivity index (χ0v) is 9.82. The molecule has 1 aromatic carbocycles. The van der Waals surface area contributed by atoms with Gasteiger partial charge < -0.3 is 9.88 Å². The highest BCUT2D eigenvalue weighted by Crippen LogP contribution is 2.12. The average molecular weight is 217 g/mol. The van der Waals surface area contributed by atoms with Gasteiger partial charge in [0.25, 0.3) is 0 Å². The van der Waals surface area contributed by atoms with Crippen molar-refractivity contribution >= 4 is 11.0 Å². The summed E-state index contributed by atoms with van der Waals surface area (Å²) in [6.45, 7) is 5.38. The van der Waals surface area contributed by atoms with Gasteiger partial charge in [0.15, 0.2) is 0 Å². The SMILES string of the molecule is CCNCCCCn1cnc2ccccc21. The van der Waals surface area contributed by atoms with Crippen molar-refractivity contribution in [2.24, 2.45) is 0 Å². The van der Waals surface area contributed by atoms with Crippen LogP contribution in [0.3, 0.4) is 0 Å². The molecule has 0 spiro atoms. The lowest BCUT2D eigenvalue weighted by molar-refractivity contribution is 0.584. The Morgan fingerprint density at radius 1 is 1.25 bits per heavy atom. The van der Waals surface area contributed by atoms with Gasteiger partial charge in [-0.15, -0.1) is 0 Å². The average Bonchev–Trinajstić information content (AvgIpc) is 2.73. The highest BCUT2D eigenvalue weighted by Gasteiger charge is 2.00. The zero-order chi connectivity index (χ0) is 11.2. The molecule has 1 heterocycles. The predicted molar refractivity (Wildman–Crippen MR) is 67.5 cm³/mol. The fourth-order valence-electron chi connectivity index (χ4n) is 1.90. The number of rotatable bonds is 6. The van der Waals surface area contributed by atoms with Crippen LogP contribution in [0.2, 0.25) is 0 Å². The fraction of sp³-hybridized carbons (Fsp3) is 0.462. The van der Waals surface area contributed by atoms with Gasteiger partial charge in [-0.3, -0.25) is 0 Å². The number of hydrogen-bond donors (Lipinski definition) is 1. The molecule has 2 aromatic rings. The molecule has 0 aliphatic rings. The Morgan fingerprint density at radius 3 is 3.00 bits per heavy atom. The first-order chi connectivity index (χ1) is 7.92. The van der Waals surface area contributed by atoms with Gasteiger partial charge in [-0.05, 0) is 38.1 Å². The van der Waals surface area contributed by atoms with E-state index in [-0.39, 0.29) is 0 Å². The molecule has 0 fully saturated rings. The molecule has 0 unspecified atom stereocenters. The third-order valence-corrected chi connectivity index (χ3v) is 2.78. The van der Waals surface area contributed by atoms with Crippen molar-refractivity contribution in [2.45, 2.75) is 26.3 Å². The lowest BCUT2D eigenvalue weighted by atomic mass is 10.3. The number of aromatic nitrogens is 2. The van der Waals surface area contributed by atoms with Gasteiger partial charge in [0, 0.05) is 6.54 Å². The van der Waals surface area contributed by atoms with Gasteiger partial charge in [-0.2, -0.15) is 0 Å². The molecule has 0 atom stereocenters. The van der Waals surface area contributed by atoms with E-state index in [2.05, 4.69) is 40.0 Å². The molecule has 0 amide bonds. The molecular formula is C13H19N3. The van der Waals surface area contributed by atoms with Crippen molar-refractivity contribution in [3.05, 3.63) is 30.6 Å². The number of nitrogens with zero attached hydrogens (tertiary/aromatic N) is 2. The number of nitrogens with one attached hydrogen (secondary N) is 1. The van der Waals surface area contributed by atoms with E-state index in [0.29, 0.717) is 0 Å². The summed E-state index contributed by atoms with van der Waals surface area (Å²) < 4.78 is 2.24. The molecule has 86 valence electrons. The van der Waals surface area contributed by atoms with Crippen molar-refractivity contribution < 1.29 is 0 Å². The van der Waals surface area contributed by atoms with E-state index in [1.54, 1.807) is 0 Å². The van der Waals surface area contributed by atoms with E-state index in [0.717, 1.165) is 25.2 Å². The van der Waals surface area contributed by atoms with Crippen LogP contribution in [0.25, 0.3) is 11.0 Å². The van der Waals surface area contributed by atoms with E-state index >= 15 is 0 Å². The molecule has 3 heteroatoms. The summed E-state index contributed by atoms with van der Waals surface area (Å²) in [5.74, 6) is 0. The number of imidazole rings is 1. The zero-order valence-electron chi connectivity index (χ0n) is 9.82. The maximum Gasteiger partial charge on any atom is 0.0958 e. The molecule has 1 aromatic heterocycles. The molecule has 3 nitrogen and oxygen atoms in total. The molecule has 0 bridgehead atoms. The van der Waals surface area contributed by atoms with Gasteiger partial charge in [-0.1, -0.05) is 19.1 Å². The lowest BCUT2D eigenvalue weighted by Crippen LogP contribution is -2.14. The van der Waals surface area contributed by atoms with Crippen LogP contribution in [0.1, 0.15) is 19.8 Å². The summed E-state index contributed by atoms with van der Waals surface area (Å²) in [4.78, 5) is 4.38. The summed E-state index contributed by atoms with van der Waals surface area (Å²) in [5.41, 5.74) is 2.33. The third-order valence-electron chi connectivity index (χ3n) is 2.78. The molecule has 0 aliphatic heterocycles. The van der Waals surface area contributed by atoms with Crippen molar-refractivity contribution in [3.63, 3.8) is 0 Å². The molecule has 2 rings (SSSR count). The minimum Gasteiger partial charge on any atom is -0.331 e. The Kier molecular flexibility index (Phi) is 3.94. The Bertz CT molecular complexity index is 433. The van der Waals surface area contributed by atoms with Gasteiger partial charge in [0.2, 0.25) is 0 Å². The summed E-state index contributed by atoms with van der Waals surface area (Å²) in [5, 5.41) is 3.34. The first-order valence-electron chi connectivity index (χ1n) is 6.02. The first-order valence-corrected chi connectivity index (χ1v) is 6.02. The molecule has 0 saturated heterocycles. The largest absolute Gasteiger partial charge is 0.331 e. The van der Waals surface area contributed by atoms with Crippen LogP contribution in [-0.2, 0) is 6.54 Å². The van der Waals surface area contributed by atoms with Crippen LogP contribution in [0, 0.1) is 0 Å². The van der Waals surface area contributed by atoms with Crippen molar-refractivity contribution in [2.75, 3.05) is 13.1 Å². The molecule has 0 saturated carbocycles. The Morgan fingerprint density at radius 2 is 2.12 bits per heavy atom. The number of hydrogen-bond acceptors (Lipinski definition) is 2.